The molecule has 1 heterocycles. The van der Waals surface area contributed by atoms with Crippen LogP contribution < -0.4 is 15.4 Å². The van der Waals surface area contributed by atoms with E-state index in [1.54, 1.807) is 0 Å². The highest BCUT2D eigenvalue weighted by molar-refractivity contribution is 5.75. The van der Waals surface area contributed by atoms with Crippen molar-refractivity contribution >= 4 is 11.7 Å². The van der Waals surface area contributed by atoms with Gasteiger partial charge in [0.15, 0.2) is 0 Å². The fourth-order valence-corrected chi connectivity index (χ4v) is 2.07. The minimum atomic E-state index is -0.196. The van der Waals surface area contributed by atoms with E-state index in [1.807, 2.05) is 32.2 Å². The highest BCUT2D eigenvalue weighted by Gasteiger charge is 2.15. The van der Waals surface area contributed by atoms with Gasteiger partial charge in [-0.3, -0.25) is 9.69 Å². The lowest BCUT2D eigenvalue weighted by atomic mass is 10.2. The zero-order valence-electron chi connectivity index (χ0n) is 11.5. The topological polar surface area (TPSA) is 53.6 Å². The molecule has 0 spiro atoms. The molecule has 0 aromatic heterocycles. The van der Waals surface area contributed by atoms with Gasteiger partial charge in [-0.05, 0) is 18.6 Å². The summed E-state index contributed by atoms with van der Waals surface area (Å²) in [4.78, 5) is 14.0. The van der Waals surface area contributed by atoms with Crippen molar-refractivity contribution < 1.29 is 9.53 Å². The second-order valence-electron chi connectivity index (χ2n) is 4.73. The summed E-state index contributed by atoms with van der Waals surface area (Å²) in [5.74, 6) is 0.435. The normalized spacial score (nSPS) is 16.1. The van der Waals surface area contributed by atoms with Crippen LogP contribution in [0.3, 0.4) is 0 Å². The van der Waals surface area contributed by atoms with E-state index in [9.17, 15) is 4.79 Å². The van der Waals surface area contributed by atoms with Crippen molar-refractivity contribution in [2.24, 2.45) is 0 Å². The second-order valence-corrected chi connectivity index (χ2v) is 4.73. The van der Waals surface area contributed by atoms with Crippen molar-refractivity contribution in [3.63, 3.8) is 0 Å². The Morgan fingerprint density at radius 3 is 2.84 bits per heavy atom. The second kappa shape index (κ2) is 6.54. The molecule has 1 saturated heterocycles. The smallest absolute Gasteiger partial charge is 0.325 e. The van der Waals surface area contributed by atoms with Gasteiger partial charge in [0.1, 0.15) is 5.75 Å². The van der Waals surface area contributed by atoms with Crippen molar-refractivity contribution in [2.45, 2.75) is 6.92 Å². The Morgan fingerprint density at radius 2 is 2.16 bits per heavy atom. The van der Waals surface area contributed by atoms with Crippen LogP contribution in [0.15, 0.2) is 18.2 Å². The molecular weight excluding hydrogens is 242 g/mol. The molecule has 0 bridgehead atoms. The number of aryl methyl sites for hydroxylation is 1. The van der Waals surface area contributed by atoms with Gasteiger partial charge in [0.05, 0.1) is 6.54 Å². The van der Waals surface area contributed by atoms with Crippen molar-refractivity contribution in [3.05, 3.63) is 23.8 Å². The first-order chi connectivity index (χ1) is 9.19. The Morgan fingerprint density at radius 1 is 1.42 bits per heavy atom. The quantitative estimate of drug-likeness (QED) is 0.623. The number of hydrogen-bond acceptors (Lipinski definition) is 5. The van der Waals surface area contributed by atoms with E-state index in [-0.39, 0.29) is 5.97 Å². The number of benzene rings is 1. The predicted molar refractivity (Wildman–Crippen MR) is 75.7 cm³/mol. The number of ether oxygens (including phenoxy) is 1. The molecular formula is C14H21N3O2. The number of nitrogens with one attached hydrogen (secondary N) is 2. The van der Waals surface area contributed by atoms with E-state index < -0.39 is 0 Å². The van der Waals surface area contributed by atoms with Crippen LogP contribution in [-0.4, -0.2) is 50.6 Å². The molecule has 5 nitrogen and oxygen atoms in total. The third kappa shape index (κ3) is 3.94. The summed E-state index contributed by atoms with van der Waals surface area (Å²) >= 11 is 0. The Bertz CT molecular complexity index is 442. The van der Waals surface area contributed by atoms with Gasteiger partial charge < -0.3 is 15.4 Å². The first kappa shape index (κ1) is 13.8. The van der Waals surface area contributed by atoms with Crippen LogP contribution in [0.25, 0.3) is 0 Å². The molecule has 1 fully saturated rings. The number of carbonyl (C=O) groups excluding carboxylic acids is 1. The maximum Gasteiger partial charge on any atom is 0.325 e. The molecule has 0 amide bonds. The lowest BCUT2D eigenvalue weighted by molar-refractivity contribution is -0.135. The zero-order chi connectivity index (χ0) is 13.7. The molecule has 5 heteroatoms. The minimum absolute atomic E-state index is 0.196. The number of carbonyl (C=O) groups is 1. The molecule has 0 saturated carbocycles. The largest absolute Gasteiger partial charge is 0.425 e. The molecule has 2 N–H and O–H groups in total. The summed E-state index contributed by atoms with van der Waals surface area (Å²) in [6, 6.07) is 5.76. The first-order valence-electron chi connectivity index (χ1n) is 6.61. The van der Waals surface area contributed by atoms with Gasteiger partial charge in [-0.25, -0.2) is 0 Å². The Kier molecular flexibility index (Phi) is 4.76. The Labute approximate surface area is 113 Å². The van der Waals surface area contributed by atoms with E-state index in [0.717, 1.165) is 37.4 Å². The molecule has 0 unspecified atom stereocenters. The monoisotopic (exact) mass is 263 g/mol. The van der Waals surface area contributed by atoms with Crippen LogP contribution in [0.5, 0.6) is 5.75 Å². The number of esters is 1. The molecule has 104 valence electrons. The SMILES string of the molecule is CNc1ccc(C)c(OC(=O)CN2CCNCC2)c1. The maximum atomic E-state index is 11.9. The minimum Gasteiger partial charge on any atom is -0.425 e. The molecule has 0 aliphatic carbocycles. The number of piperazine rings is 1. The third-order valence-electron chi connectivity index (χ3n) is 3.26. The first-order valence-corrected chi connectivity index (χ1v) is 6.61. The van der Waals surface area contributed by atoms with Crippen LogP contribution in [-0.2, 0) is 4.79 Å². The van der Waals surface area contributed by atoms with Gasteiger partial charge in [-0.15, -0.1) is 0 Å². The van der Waals surface area contributed by atoms with Crippen molar-refractivity contribution in [2.75, 3.05) is 45.1 Å². The summed E-state index contributed by atoms with van der Waals surface area (Å²) in [5.41, 5.74) is 1.91. The van der Waals surface area contributed by atoms with Gasteiger partial charge in [0.2, 0.25) is 0 Å². The highest BCUT2D eigenvalue weighted by Crippen LogP contribution is 2.22. The molecule has 19 heavy (non-hydrogen) atoms. The molecule has 0 radical (unpaired) electrons. The van der Waals surface area contributed by atoms with Crippen molar-refractivity contribution in [3.8, 4) is 5.75 Å². The van der Waals surface area contributed by atoms with Gasteiger partial charge >= 0.3 is 5.97 Å². The van der Waals surface area contributed by atoms with Gasteiger partial charge in [-0.1, -0.05) is 6.07 Å². The number of rotatable bonds is 4. The van der Waals surface area contributed by atoms with E-state index in [0.29, 0.717) is 12.3 Å². The molecule has 1 aliphatic heterocycles. The van der Waals surface area contributed by atoms with Crippen LogP contribution in [0.1, 0.15) is 5.56 Å². The summed E-state index contributed by atoms with van der Waals surface area (Å²) < 4.78 is 5.45. The number of anilines is 1. The third-order valence-corrected chi connectivity index (χ3v) is 3.26. The average molecular weight is 263 g/mol. The van der Waals surface area contributed by atoms with E-state index in [1.165, 1.54) is 0 Å². The van der Waals surface area contributed by atoms with Crippen molar-refractivity contribution in [1.82, 2.24) is 10.2 Å². The average Bonchev–Trinajstić information content (AvgIpc) is 2.42. The fourth-order valence-electron chi connectivity index (χ4n) is 2.07. The van der Waals surface area contributed by atoms with Gasteiger partial charge in [0.25, 0.3) is 0 Å². The van der Waals surface area contributed by atoms with Crippen LogP contribution in [0.2, 0.25) is 0 Å². The van der Waals surface area contributed by atoms with E-state index in [4.69, 9.17) is 4.74 Å². The van der Waals surface area contributed by atoms with Gasteiger partial charge in [-0.2, -0.15) is 0 Å². The Hall–Kier alpha value is -1.59. The number of hydrogen-bond donors (Lipinski definition) is 2. The van der Waals surface area contributed by atoms with Crippen LogP contribution in [0, 0.1) is 6.92 Å². The molecule has 1 aliphatic rings. The van der Waals surface area contributed by atoms with Crippen LogP contribution >= 0.6 is 0 Å². The summed E-state index contributed by atoms with van der Waals surface area (Å²) in [6.07, 6.45) is 0. The van der Waals surface area contributed by atoms with Gasteiger partial charge in [0, 0.05) is 45.0 Å². The summed E-state index contributed by atoms with van der Waals surface area (Å²) in [7, 11) is 1.84. The maximum absolute atomic E-state index is 11.9. The van der Waals surface area contributed by atoms with E-state index in [2.05, 4.69) is 15.5 Å². The summed E-state index contributed by atoms with van der Waals surface area (Å²) in [6.45, 7) is 5.94. The number of nitrogens with zero attached hydrogens (tertiary/aromatic N) is 1. The zero-order valence-corrected chi connectivity index (χ0v) is 11.5. The lowest BCUT2D eigenvalue weighted by Crippen LogP contribution is -2.46. The fraction of sp³-hybridized carbons (Fsp3) is 0.500. The molecule has 1 aromatic carbocycles. The standard InChI is InChI=1S/C14H21N3O2/c1-11-3-4-12(15-2)9-13(11)19-14(18)10-17-7-5-16-6-8-17/h3-4,9,15-16H,5-8,10H2,1-2H3. The Balaban J connectivity index is 1.94. The highest BCUT2D eigenvalue weighted by atomic mass is 16.5. The summed E-state index contributed by atoms with van der Waals surface area (Å²) in [5, 5.41) is 6.30. The molecule has 2 rings (SSSR count). The molecule has 0 atom stereocenters. The van der Waals surface area contributed by atoms with Crippen molar-refractivity contribution in [1.29, 1.82) is 0 Å². The predicted octanol–water partition coefficient (Wildman–Crippen LogP) is 0.847. The van der Waals surface area contributed by atoms with E-state index >= 15 is 0 Å². The van der Waals surface area contributed by atoms with Crippen LogP contribution in [0.4, 0.5) is 5.69 Å². The molecule has 1 aromatic rings. The lowest BCUT2D eigenvalue weighted by Gasteiger charge is -2.26.